The van der Waals surface area contributed by atoms with Crippen molar-refractivity contribution in [3.05, 3.63) is 24.3 Å². The van der Waals surface area contributed by atoms with E-state index in [9.17, 15) is 20.1 Å². The lowest BCUT2D eigenvalue weighted by Crippen LogP contribution is -2.45. The summed E-state index contributed by atoms with van der Waals surface area (Å²) in [6.07, 6.45) is 70.9. The van der Waals surface area contributed by atoms with Gasteiger partial charge >= 0.3 is 0 Å². The number of allylic oxidation sites excluding steroid dienone is 3. The lowest BCUT2D eigenvalue weighted by atomic mass is 10.0. The highest BCUT2D eigenvalue weighted by Crippen LogP contribution is 2.18. The monoisotopic (exact) mass is 916 g/mol. The zero-order valence-electron chi connectivity index (χ0n) is 44.1. The van der Waals surface area contributed by atoms with Crippen LogP contribution in [0.25, 0.3) is 0 Å². The van der Waals surface area contributed by atoms with Gasteiger partial charge in [0.05, 0.1) is 31.3 Å². The SMILES string of the molecule is CCCCCCCCCCCCCC/C=C\CCCCCCCCCCCC(O)CC(=O)NC(CO)C(O)/C=C/CCCCCCCCCCCCCCCCCCCCCCCCC. The standard InChI is InChI=1S/C60H117NO4/c1-3-5-7-9-11-13-15-17-19-21-23-25-27-29-31-33-35-37-39-41-43-45-47-49-51-53-57(63)55-60(65)61-58(56-62)59(64)54-52-50-48-46-44-42-40-38-36-34-32-30-28-26-24-22-20-18-16-14-12-10-8-6-4-2/h29,31,52,54,57-59,62-64H,3-28,30,32-51,53,55-56H2,1-2H3,(H,61,65)/b31-29-,54-52+. The highest BCUT2D eigenvalue weighted by atomic mass is 16.3. The maximum absolute atomic E-state index is 12.5. The molecule has 1 amide bonds. The molecule has 0 aliphatic heterocycles. The van der Waals surface area contributed by atoms with Crippen molar-refractivity contribution in [3.8, 4) is 0 Å². The molecule has 0 fully saturated rings. The van der Waals surface area contributed by atoms with E-state index in [0.717, 1.165) is 25.7 Å². The summed E-state index contributed by atoms with van der Waals surface area (Å²) in [4.78, 5) is 12.5. The Morgan fingerprint density at radius 3 is 0.938 bits per heavy atom. The summed E-state index contributed by atoms with van der Waals surface area (Å²) in [7, 11) is 0. The molecule has 0 radical (unpaired) electrons. The number of aliphatic hydroxyl groups is 3. The molecule has 5 nitrogen and oxygen atoms in total. The van der Waals surface area contributed by atoms with Crippen molar-refractivity contribution < 1.29 is 20.1 Å². The molecular weight excluding hydrogens is 799 g/mol. The lowest BCUT2D eigenvalue weighted by molar-refractivity contribution is -0.124. The summed E-state index contributed by atoms with van der Waals surface area (Å²) in [5.74, 6) is -0.311. The first-order valence-electron chi connectivity index (χ1n) is 29.6. The van der Waals surface area contributed by atoms with E-state index in [1.54, 1.807) is 6.08 Å². The van der Waals surface area contributed by atoms with Gasteiger partial charge in [0, 0.05) is 0 Å². The van der Waals surface area contributed by atoms with E-state index in [4.69, 9.17) is 0 Å². The van der Waals surface area contributed by atoms with Gasteiger partial charge in [0.1, 0.15) is 0 Å². The second kappa shape index (κ2) is 55.4. The fourth-order valence-electron chi connectivity index (χ4n) is 9.46. The molecule has 4 N–H and O–H groups in total. The van der Waals surface area contributed by atoms with Crippen molar-refractivity contribution in [2.75, 3.05) is 6.61 Å². The van der Waals surface area contributed by atoms with Gasteiger partial charge in [-0.1, -0.05) is 301 Å². The fourth-order valence-corrected chi connectivity index (χ4v) is 9.46. The van der Waals surface area contributed by atoms with Gasteiger partial charge in [-0.25, -0.2) is 0 Å². The van der Waals surface area contributed by atoms with Crippen LogP contribution in [0.1, 0.15) is 328 Å². The van der Waals surface area contributed by atoms with Crippen molar-refractivity contribution in [2.45, 2.75) is 347 Å². The van der Waals surface area contributed by atoms with Crippen LogP contribution in [0.2, 0.25) is 0 Å². The number of carbonyl (C=O) groups excluding carboxylic acids is 1. The van der Waals surface area contributed by atoms with E-state index in [2.05, 4.69) is 31.3 Å². The minimum Gasteiger partial charge on any atom is -0.394 e. The summed E-state index contributed by atoms with van der Waals surface area (Å²) in [6.45, 7) is 4.26. The van der Waals surface area contributed by atoms with E-state index in [-0.39, 0.29) is 18.9 Å². The van der Waals surface area contributed by atoms with Crippen molar-refractivity contribution in [3.63, 3.8) is 0 Å². The van der Waals surface area contributed by atoms with Gasteiger partial charge in [-0.05, 0) is 44.9 Å². The molecule has 3 unspecified atom stereocenters. The number of hydrogen-bond acceptors (Lipinski definition) is 4. The topological polar surface area (TPSA) is 89.8 Å². The molecule has 0 heterocycles. The lowest BCUT2D eigenvalue weighted by Gasteiger charge is -2.21. The van der Waals surface area contributed by atoms with Gasteiger partial charge in [-0.3, -0.25) is 4.79 Å². The van der Waals surface area contributed by atoms with E-state index in [1.807, 2.05) is 6.08 Å². The number of rotatable bonds is 55. The quantitative estimate of drug-likeness (QED) is 0.0361. The highest BCUT2D eigenvalue weighted by Gasteiger charge is 2.20. The smallest absolute Gasteiger partial charge is 0.222 e. The molecule has 0 aliphatic rings. The van der Waals surface area contributed by atoms with Crippen molar-refractivity contribution >= 4 is 5.91 Å². The van der Waals surface area contributed by atoms with Gasteiger partial charge in [-0.2, -0.15) is 0 Å². The summed E-state index contributed by atoms with van der Waals surface area (Å²) in [5, 5.41) is 33.5. The molecule has 5 heteroatoms. The maximum atomic E-state index is 12.5. The number of carbonyl (C=O) groups is 1. The second-order valence-corrected chi connectivity index (χ2v) is 20.6. The fraction of sp³-hybridized carbons (Fsp3) is 0.917. The van der Waals surface area contributed by atoms with Crippen LogP contribution in [0.4, 0.5) is 0 Å². The number of unbranched alkanes of at least 4 members (excludes halogenated alkanes) is 44. The van der Waals surface area contributed by atoms with Crippen molar-refractivity contribution in [1.29, 1.82) is 0 Å². The largest absolute Gasteiger partial charge is 0.394 e. The van der Waals surface area contributed by atoms with Gasteiger partial charge in [0.2, 0.25) is 5.91 Å². The second-order valence-electron chi connectivity index (χ2n) is 20.6. The number of hydrogen-bond donors (Lipinski definition) is 4. The van der Waals surface area contributed by atoms with Crippen LogP contribution < -0.4 is 5.32 Å². The molecule has 0 aliphatic carbocycles. The Morgan fingerprint density at radius 2 is 0.646 bits per heavy atom. The van der Waals surface area contributed by atoms with Crippen LogP contribution in [0, 0.1) is 0 Å². The maximum Gasteiger partial charge on any atom is 0.222 e. The molecule has 386 valence electrons. The summed E-state index contributed by atoms with van der Waals surface area (Å²) >= 11 is 0. The summed E-state index contributed by atoms with van der Waals surface area (Å²) < 4.78 is 0. The van der Waals surface area contributed by atoms with Crippen LogP contribution in [0.5, 0.6) is 0 Å². The Bertz CT molecular complexity index is 967. The number of amides is 1. The predicted molar refractivity (Wildman–Crippen MR) is 287 cm³/mol. The minimum atomic E-state index is -0.929. The van der Waals surface area contributed by atoms with Crippen LogP contribution in [0.3, 0.4) is 0 Å². The molecule has 0 aromatic heterocycles. The summed E-state index contributed by atoms with van der Waals surface area (Å²) in [6, 6.07) is -0.745. The highest BCUT2D eigenvalue weighted by molar-refractivity contribution is 5.76. The minimum absolute atomic E-state index is 0.0149. The van der Waals surface area contributed by atoms with Crippen LogP contribution in [0.15, 0.2) is 24.3 Å². The van der Waals surface area contributed by atoms with Crippen molar-refractivity contribution in [1.82, 2.24) is 5.32 Å². The van der Waals surface area contributed by atoms with Gasteiger partial charge in [0.25, 0.3) is 0 Å². The van der Waals surface area contributed by atoms with Crippen LogP contribution >= 0.6 is 0 Å². The molecule has 0 spiro atoms. The first-order chi connectivity index (χ1) is 32.0. The van der Waals surface area contributed by atoms with Crippen molar-refractivity contribution in [2.24, 2.45) is 0 Å². The summed E-state index contributed by atoms with van der Waals surface area (Å²) in [5.41, 5.74) is 0. The molecule has 3 atom stereocenters. The Balaban J connectivity index is 3.55. The Hall–Kier alpha value is -1.17. The third kappa shape index (κ3) is 52.1. The third-order valence-electron chi connectivity index (χ3n) is 14.0. The van der Waals surface area contributed by atoms with Gasteiger partial charge in [-0.15, -0.1) is 0 Å². The van der Waals surface area contributed by atoms with Crippen LogP contribution in [-0.4, -0.2) is 46.1 Å². The molecule has 0 saturated carbocycles. The molecule has 65 heavy (non-hydrogen) atoms. The van der Waals surface area contributed by atoms with E-state index in [1.165, 1.54) is 276 Å². The van der Waals surface area contributed by atoms with Crippen LogP contribution in [-0.2, 0) is 4.79 Å². The zero-order chi connectivity index (χ0) is 47.2. The molecule has 0 rings (SSSR count). The molecular formula is C60H117NO4. The number of nitrogens with one attached hydrogen (secondary N) is 1. The van der Waals surface area contributed by atoms with E-state index >= 15 is 0 Å². The Labute approximate surface area is 407 Å². The van der Waals surface area contributed by atoms with Gasteiger partial charge < -0.3 is 20.6 Å². The average molecular weight is 917 g/mol. The zero-order valence-corrected chi connectivity index (χ0v) is 44.1. The molecule has 0 aromatic carbocycles. The molecule has 0 aromatic rings. The average Bonchev–Trinajstić information content (AvgIpc) is 3.30. The molecule has 0 bridgehead atoms. The first kappa shape index (κ1) is 63.8. The van der Waals surface area contributed by atoms with E-state index < -0.39 is 18.2 Å². The van der Waals surface area contributed by atoms with Gasteiger partial charge in [0.15, 0.2) is 0 Å². The first-order valence-corrected chi connectivity index (χ1v) is 29.6. The Kier molecular flexibility index (Phi) is 54.4. The molecule has 0 saturated heterocycles. The third-order valence-corrected chi connectivity index (χ3v) is 14.0. The normalized spacial score (nSPS) is 13.4. The number of aliphatic hydroxyl groups excluding tert-OH is 3. The Morgan fingerprint density at radius 1 is 0.385 bits per heavy atom. The predicted octanol–water partition coefficient (Wildman–Crippen LogP) is 18.5. The van der Waals surface area contributed by atoms with E-state index in [0.29, 0.717) is 6.42 Å².